The van der Waals surface area contributed by atoms with Gasteiger partial charge in [-0.15, -0.1) is 0 Å². The molecule has 10 atom stereocenters. The summed E-state index contributed by atoms with van der Waals surface area (Å²) in [6.07, 6.45) is -13.2. The molecule has 0 saturated carbocycles. The van der Waals surface area contributed by atoms with Gasteiger partial charge in [-0.2, -0.15) is 0 Å². The molecule has 0 radical (unpaired) electrons. The van der Waals surface area contributed by atoms with Crippen LogP contribution in [-0.2, 0) is 80.9 Å². The molecule has 2 rings (SSSR count). The first kappa shape index (κ1) is 36.8. The van der Waals surface area contributed by atoms with Gasteiger partial charge < -0.3 is 47.4 Å². The predicted octanol–water partition coefficient (Wildman–Crippen LogP) is 0.00100. The summed E-state index contributed by atoms with van der Waals surface area (Å²) in [7, 11) is 0. The fourth-order valence-corrected chi connectivity index (χ4v) is 5.15. The third-order valence-electron chi connectivity index (χ3n) is 5.87. The smallest absolute Gasteiger partial charge is 0.303 e. The molecule has 2 saturated heterocycles. The Balaban J connectivity index is 2.66. The van der Waals surface area contributed by atoms with E-state index in [0.717, 1.165) is 48.5 Å². The maximum absolute atomic E-state index is 12.2. The molecule has 2 heterocycles. The van der Waals surface area contributed by atoms with E-state index in [2.05, 4.69) is 15.9 Å². The predicted molar refractivity (Wildman–Crippen MR) is 142 cm³/mol. The minimum absolute atomic E-state index is 0.460. The number of carbonyl (C=O) groups is 7. The lowest BCUT2D eigenvalue weighted by molar-refractivity contribution is -0.341. The van der Waals surface area contributed by atoms with Gasteiger partial charge in [0.1, 0.15) is 31.5 Å². The van der Waals surface area contributed by atoms with Crippen molar-refractivity contribution < 1.29 is 80.9 Å². The Morgan fingerprint density at radius 2 is 0.841 bits per heavy atom. The number of halogens is 1. The van der Waals surface area contributed by atoms with Crippen LogP contribution in [0.2, 0.25) is 0 Å². The molecule has 44 heavy (non-hydrogen) atoms. The number of rotatable bonds is 11. The Hall–Kier alpha value is -3.35. The topological polar surface area (TPSA) is 212 Å². The van der Waals surface area contributed by atoms with E-state index in [9.17, 15) is 33.6 Å². The van der Waals surface area contributed by atoms with E-state index in [0.29, 0.717) is 0 Å². The first-order chi connectivity index (χ1) is 20.5. The van der Waals surface area contributed by atoms with Crippen molar-refractivity contribution in [3.05, 3.63) is 0 Å². The van der Waals surface area contributed by atoms with Gasteiger partial charge in [0.2, 0.25) is 0 Å². The molecule has 2 aliphatic rings. The van der Waals surface area contributed by atoms with Crippen LogP contribution < -0.4 is 0 Å². The second-order valence-corrected chi connectivity index (χ2v) is 10.5. The zero-order valence-electron chi connectivity index (χ0n) is 25.0. The highest BCUT2D eigenvalue weighted by atomic mass is 79.9. The average Bonchev–Trinajstić information content (AvgIpc) is 2.87. The summed E-state index contributed by atoms with van der Waals surface area (Å²) in [6, 6.07) is 0. The molecule has 0 aromatic rings. The minimum Gasteiger partial charge on any atom is -0.463 e. The Kier molecular flexibility index (Phi) is 13.9. The van der Waals surface area contributed by atoms with Gasteiger partial charge in [0.05, 0.1) is 0 Å². The zero-order valence-corrected chi connectivity index (χ0v) is 26.6. The van der Waals surface area contributed by atoms with E-state index in [4.69, 9.17) is 47.4 Å². The number of ether oxygens (including phenoxy) is 10. The second kappa shape index (κ2) is 16.6. The Morgan fingerprint density at radius 1 is 0.477 bits per heavy atom. The first-order valence-electron chi connectivity index (χ1n) is 13.2. The maximum Gasteiger partial charge on any atom is 0.303 e. The number of carbonyl (C=O) groups excluding carboxylic acids is 7. The summed E-state index contributed by atoms with van der Waals surface area (Å²) < 4.78 is 55.2. The number of alkyl halides is 1. The van der Waals surface area contributed by atoms with Crippen LogP contribution in [0.5, 0.6) is 0 Å². The fraction of sp³-hybridized carbons (Fsp3) is 0.731. The third kappa shape index (κ3) is 11.0. The van der Waals surface area contributed by atoms with Gasteiger partial charge in [-0.1, -0.05) is 15.9 Å². The lowest BCUT2D eigenvalue weighted by atomic mass is 9.96. The molecule has 2 fully saturated rings. The maximum atomic E-state index is 12.2. The molecular formula is C26H35BrO17. The van der Waals surface area contributed by atoms with Gasteiger partial charge >= 0.3 is 41.8 Å². The van der Waals surface area contributed by atoms with Crippen molar-refractivity contribution in [1.29, 1.82) is 0 Å². The second-order valence-electron chi connectivity index (χ2n) is 9.64. The quantitative estimate of drug-likeness (QED) is 0.158. The lowest BCUT2D eigenvalue weighted by Crippen LogP contribution is -2.66. The van der Waals surface area contributed by atoms with E-state index in [1.807, 2.05) is 0 Å². The third-order valence-corrected chi connectivity index (χ3v) is 6.61. The van der Waals surface area contributed by atoms with Crippen LogP contribution in [0.15, 0.2) is 0 Å². The van der Waals surface area contributed by atoms with Crippen LogP contribution in [0.3, 0.4) is 0 Å². The van der Waals surface area contributed by atoms with Gasteiger partial charge in [-0.25, -0.2) is 0 Å². The van der Waals surface area contributed by atoms with E-state index in [1.165, 1.54) is 0 Å². The van der Waals surface area contributed by atoms with Crippen molar-refractivity contribution in [2.75, 3.05) is 13.2 Å². The molecule has 0 aromatic carbocycles. The number of hydrogen-bond donors (Lipinski definition) is 0. The molecule has 0 N–H and O–H groups in total. The highest BCUT2D eigenvalue weighted by Gasteiger charge is 2.57. The highest BCUT2D eigenvalue weighted by Crippen LogP contribution is 2.36. The zero-order chi connectivity index (χ0) is 33.3. The first-order valence-corrected chi connectivity index (χ1v) is 14.1. The van der Waals surface area contributed by atoms with Crippen molar-refractivity contribution in [2.45, 2.75) is 109 Å². The largest absolute Gasteiger partial charge is 0.463 e. The molecular weight excluding hydrogens is 664 g/mol. The van der Waals surface area contributed by atoms with Crippen LogP contribution in [0.4, 0.5) is 0 Å². The minimum atomic E-state index is -1.73. The van der Waals surface area contributed by atoms with Crippen LogP contribution in [0.25, 0.3) is 0 Å². The summed E-state index contributed by atoms with van der Waals surface area (Å²) in [4.78, 5) is 83.8. The van der Waals surface area contributed by atoms with Crippen molar-refractivity contribution in [3.63, 3.8) is 0 Å². The van der Waals surface area contributed by atoms with Crippen LogP contribution in [0, 0.1) is 0 Å². The summed E-state index contributed by atoms with van der Waals surface area (Å²) in [6.45, 7) is 6.57. The summed E-state index contributed by atoms with van der Waals surface area (Å²) >= 11 is 3.23. The molecule has 18 heteroatoms. The van der Waals surface area contributed by atoms with E-state index < -0.39 is 115 Å². The van der Waals surface area contributed by atoms with Crippen molar-refractivity contribution in [3.8, 4) is 0 Å². The molecule has 0 unspecified atom stereocenters. The molecule has 17 nitrogen and oxygen atoms in total. The van der Waals surface area contributed by atoms with Gasteiger partial charge in [0.15, 0.2) is 41.8 Å². The summed E-state index contributed by atoms with van der Waals surface area (Å²) in [5.74, 6) is -5.63. The Morgan fingerprint density at radius 3 is 1.27 bits per heavy atom. The average molecular weight is 699 g/mol. The van der Waals surface area contributed by atoms with Gasteiger partial charge in [-0.05, 0) is 0 Å². The van der Waals surface area contributed by atoms with Crippen molar-refractivity contribution in [1.82, 2.24) is 0 Å². The fourth-order valence-electron chi connectivity index (χ4n) is 4.46. The van der Waals surface area contributed by atoms with Crippen molar-refractivity contribution >= 4 is 57.7 Å². The summed E-state index contributed by atoms with van der Waals surface area (Å²) in [5.41, 5.74) is 0. The molecule has 248 valence electrons. The molecule has 0 aromatic heterocycles. The van der Waals surface area contributed by atoms with Gasteiger partial charge in [0.25, 0.3) is 0 Å². The molecule has 0 bridgehead atoms. The van der Waals surface area contributed by atoms with E-state index in [1.54, 1.807) is 0 Å². The Bertz CT molecular complexity index is 1090. The number of hydrogen-bond acceptors (Lipinski definition) is 17. The molecule has 2 aliphatic heterocycles. The normalized spacial score (nSPS) is 31.5. The molecule has 0 aliphatic carbocycles. The van der Waals surface area contributed by atoms with E-state index in [-0.39, 0.29) is 0 Å². The van der Waals surface area contributed by atoms with Crippen molar-refractivity contribution in [2.24, 2.45) is 0 Å². The van der Waals surface area contributed by atoms with Crippen LogP contribution in [-0.4, -0.2) is 115 Å². The monoisotopic (exact) mass is 698 g/mol. The van der Waals surface area contributed by atoms with E-state index >= 15 is 0 Å². The number of esters is 7. The summed E-state index contributed by atoms with van der Waals surface area (Å²) in [5, 5.41) is -1.09. The van der Waals surface area contributed by atoms with Crippen LogP contribution >= 0.6 is 15.9 Å². The highest BCUT2D eigenvalue weighted by molar-refractivity contribution is 9.09. The SMILES string of the molecule is CC(=O)OC[C@H]1O[C@@H](Br)[C@H](OC(C)=O)[C@@H](OC(C)=O)[C@@H]1O[C@H]1O[C@H](COC(C)=O)[C@@H](OC(C)=O)[C@H](OC(C)=O)[C@H]1OC(C)=O. The lowest BCUT2D eigenvalue weighted by Gasteiger charge is -2.48. The van der Waals surface area contributed by atoms with Gasteiger partial charge in [-0.3, -0.25) is 33.6 Å². The Labute approximate surface area is 260 Å². The van der Waals surface area contributed by atoms with Crippen LogP contribution in [0.1, 0.15) is 48.5 Å². The molecule has 0 spiro atoms. The standard InChI is InChI=1S/C26H35BrO17/c1-10(28)35-8-17-20(21(38-13(4)31)23(25(27)42-17)40-15(6)33)44-26-24(41-16(7)34)22(39-14(5)32)19(37-12(3)30)18(43-26)9-36-11(2)29/h17-26H,8-9H2,1-7H3/t17-,18-,19-,20-,21+,22+,23-,24-,25-,26-/m1/s1. The van der Waals surface area contributed by atoms with Gasteiger partial charge in [0, 0.05) is 48.5 Å². The molecule has 0 amide bonds.